The van der Waals surface area contributed by atoms with Gasteiger partial charge in [-0.25, -0.2) is 0 Å². The van der Waals surface area contributed by atoms with Gasteiger partial charge in [0.05, 0.1) is 0 Å². The maximum absolute atomic E-state index is 12.0. The van der Waals surface area contributed by atoms with Crippen LogP contribution in [0.25, 0.3) is 0 Å². The van der Waals surface area contributed by atoms with E-state index in [-0.39, 0.29) is 11.7 Å². The number of ketones is 1. The van der Waals surface area contributed by atoms with Gasteiger partial charge in [-0.3, -0.25) is 9.59 Å². The average Bonchev–Trinajstić information content (AvgIpc) is 2.28. The summed E-state index contributed by atoms with van der Waals surface area (Å²) in [6.07, 6.45) is 1.48. The van der Waals surface area contributed by atoms with Gasteiger partial charge in [0.25, 0.3) is 0 Å². The van der Waals surface area contributed by atoms with Crippen LogP contribution in [0.15, 0.2) is 18.2 Å². The summed E-state index contributed by atoms with van der Waals surface area (Å²) >= 11 is 0. The van der Waals surface area contributed by atoms with Gasteiger partial charge in [0, 0.05) is 32.5 Å². The van der Waals surface area contributed by atoms with Crippen LogP contribution in [0.1, 0.15) is 40.7 Å². The van der Waals surface area contributed by atoms with E-state index in [0.29, 0.717) is 19.3 Å². The van der Waals surface area contributed by atoms with Crippen LogP contribution in [-0.2, 0) is 4.79 Å². The third-order valence-corrected chi connectivity index (χ3v) is 2.98. The lowest BCUT2D eigenvalue weighted by atomic mass is 9.99. The van der Waals surface area contributed by atoms with E-state index in [0.717, 1.165) is 16.7 Å². The summed E-state index contributed by atoms with van der Waals surface area (Å²) in [5, 5.41) is 0. The minimum Gasteiger partial charge on any atom is -0.349 e. The first-order valence-electron chi connectivity index (χ1n) is 6.22. The summed E-state index contributed by atoms with van der Waals surface area (Å²) < 4.78 is 0. The fourth-order valence-electron chi connectivity index (χ4n) is 1.88. The lowest BCUT2D eigenvalue weighted by Gasteiger charge is -2.10. The molecule has 0 bridgehead atoms. The van der Waals surface area contributed by atoms with E-state index in [1.807, 2.05) is 32.0 Å². The monoisotopic (exact) mass is 247 g/mol. The first-order valence-corrected chi connectivity index (χ1v) is 6.22. The normalized spacial score (nSPS) is 10.2. The van der Waals surface area contributed by atoms with Crippen molar-refractivity contribution in [3.63, 3.8) is 0 Å². The Bertz CT molecular complexity index is 450. The van der Waals surface area contributed by atoms with E-state index in [9.17, 15) is 9.59 Å². The number of nitrogens with zero attached hydrogens (tertiary/aromatic N) is 1. The third kappa shape index (κ3) is 3.99. The zero-order chi connectivity index (χ0) is 13.7. The molecule has 0 N–H and O–H groups in total. The van der Waals surface area contributed by atoms with E-state index < -0.39 is 0 Å². The molecular weight excluding hydrogens is 226 g/mol. The van der Waals surface area contributed by atoms with Crippen molar-refractivity contribution < 1.29 is 9.59 Å². The van der Waals surface area contributed by atoms with Crippen molar-refractivity contribution >= 4 is 11.7 Å². The molecule has 0 saturated heterocycles. The summed E-state index contributed by atoms with van der Waals surface area (Å²) in [6, 6.07) is 5.84. The molecule has 0 radical (unpaired) electrons. The summed E-state index contributed by atoms with van der Waals surface area (Å²) in [5.74, 6) is 0.197. The number of carbonyl (C=O) groups excluding carboxylic acids is 2. The van der Waals surface area contributed by atoms with Gasteiger partial charge in [-0.2, -0.15) is 0 Å². The van der Waals surface area contributed by atoms with Gasteiger partial charge in [0.1, 0.15) is 0 Å². The van der Waals surface area contributed by atoms with E-state index in [2.05, 4.69) is 0 Å². The molecule has 1 aromatic rings. The molecule has 0 atom stereocenters. The number of hydrogen-bond donors (Lipinski definition) is 0. The Balaban J connectivity index is 2.53. The number of amides is 1. The van der Waals surface area contributed by atoms with E-state index in [4.69, 9.17) is 0 Å². The zero-order valence-electron chi connectivity index (χ0n) is 11.6. The molecule has 1 rings (SSSR count). The Labute approximate surface area is 109 Å². The summed E-state index contributed by atoms with van der Waals surface area (Å²) in [5.41, 5.74) is 2.95. The average molecular weight is 247 g/mol. The first kappa shape index (κ1) is 14.4. The summed E-state index contributed by atoms with van der Waals surface area (Å²) in [7, 11) is 3.46. The number of carbonyl (C=O) groups is 2. The van der Waals surface area contributed by atoms with Crippen molar-refractivity contribution in [3.05, 3.63) is 34.9 Å². The predicted octanol–water partition coefficient (Wildman–Crippen LogP) is 2.74. The molecule has 0 heterocycles. The van der Waals surface area contributed by atoms with E-state index in [1.165, 1.54) is 0 Å². The minimum absolute atomic E-state index is 0.0726. The van der Waals surface area contributed by atoms with Crippen molar-refractivity contribution in [3.8, 4) is 0 Å². The molecule has 0 aliphatic rings. The van der Waals surface area contributed by atoms with Crippen LogP contribution in [0, 0.1) is 13.8 Å². The first-order chi connectivity index (χ1) is 8.41. The smallest absolute Gasteiger partial charge is 0.222 e. The highest BCUT2D eigenvalue weighted by Gasteiger charge is 2.10. The highest BCUT2D eigenvalue weighted by Crippen LogP contribution is 2.14. The number of aryl methyl sites for hydroxylation is 2. The van der Waals surface area contributed by atoms with Gasteiger partial charge in [-0.1, -0.05) is 23.8 Å². The molecule has 0 aromatic heterocycles. The fourth-order valence-corrected chi connectivity index (χ4v) is 1.88. The second-order valence-corrected chi connectivity index (χ2v) is 4.88. The van der Waals surface area contributed by atoms with Crippen molar-refractivity contribution in [2.24, 2.45) is 0 Å². The number of hydrogen-bond acceptors (Lipinski definition) is 2. The third-order valence-electron chi connectivity index (χ3n) is 2.98. The second-order valence-electron chi connectivity index (χ2n) is 4.88. The Morgan fingerprint density at radius 3 is 2.33 bits per heavy atom. The van der Waals surface area contributed by atoms with Gasteiger partial charge < -0.3 is 4.90 Å². The van der Waals surface area contributed by atoms with Gasteiger partial charge in [-0.05, 0) is 25.8 Å². The topological polar surface area (TPSA) is 37.4 Å². The molecule has 0 spiro atoms. The van der Waals surface area contributed by atoms with Gasteiger partial charge in [-0.15, -0.1) is 0 Å². The molecule has 0 aliphatic heterocycles. The highest BCUT2D eigenvalue weighted by atomic mass is 16.2. The molecule has 0 unspecified atom stereocenters. The van der Waals surface area contributed by atoms with Gasteiger partial charge in [0.15, 0.2) is 5.78 Å². The van der Waals surface area contributed by atoms with Crippen LogP contribution in [0.2, 0.25) is 0 Å². The number of rotatable bonds is 5. The molecule has 98 valence electrons. The maximum Gasteiger partial charge on any atom is 0.222 e. The Hall–Kier alpha value is -1.64. The second kappa shape index (κ2) is 6.34. The van der Waals surface area contributed by atoms with Crippen LogP contribution in [0.4, 0.5) is 0 Å². The predicted molar refractivity (Wildman–Crippen MR) is 72.8 cm³/mol. The van der Waals surface area contributed by atoms with Crippen molar-refractivity contribution in [2.45, 2.75) is 33.1 Å². The quantitative estimate of drug-likeness (QED) is 0.750. The minimum atomic E-state index is 0.0726. The van der Waals surface area contributed by atoms with E-state index >= 15 is 0 Å². The SMILES string of the molecule is Cc1ccc(C(=O)CCCC(=O)N(C)C)c(C)c1. The highest BCUT2D eigenvalue weighted by molar-refractivity contribution is 5.97. The maximum atomic E-state index is 12.0. The van der Waals surface area contributed by atoms with Crippen LogP contribution >= 0.6 is 0 Å². The van der Waals surface area contributed by atoms with Crippen LogP contribution in [0.5, 0.6) is 0 Å². The largest absolute Gasteiger partial charge is 0.349 e. The van der Waals surface area contributed by atoms with E-state index in [1.54, 1.807) is 19.0 Å². The molecule has 0 aliphatic carbocycles. The molecule has 0 fully saturated rings. The molecule has 1 amide bonds. The Morgan fingerprint density at radius 2 is 1.78 bits per heavy atom. The number of Topliss-reactive ketones (excluding diaryl/α,β-unsaturated/α-hetero) is 1. The zero-order valence-corrected chi connectivity index (χ0v) is 11.6. The lowest BCUT2D eigenvalue weighted by molar-refractivity contribution is -0.128. The number of benzene rings is 1. The fraction of sp³-hybridized carbons (Fsp3) is 0.467. The molecule has 0 saturated carbocycles. The standard InChI is InChI=1S/C15H21NO2/c1-11-8-9-13(12(2)10-11)14(17)6-5-7-15(18)16(3)4/h8-10H,5-7H2,1-4H3. The van der Waals surface area contributed by atoms with Crippen LogP contribution in [-0.4, -0.2) is 30.7 Å². The Kier molecular flexibility index (Phi) is 5.08. The molecule has 18 heavy (non-hydrogen) atoms. The van der Waals surface area contributed by atoms with Crippen LogP contribution < -0.4 is 0 Å². The lowest BCUT2D eigenvalue weighted by Crippen LogP contribution is -2.21. The molecule has 3 nitrogen and oxygen atoms in total. The van der Waals surface area contributed by atoms with Crippen molar-refractivity contribution in [1.82, 2.24) is 4.90 Å². The Morgan fingerprint density at radius 1 is 1.11 bits per heavy atom. The summed E-state index contributed by atoms with van der Waals surface area (Å²) in [4.78, 5) is 24.9. The van der Waals surface area contributed by atoms with Gasteiger partial charge in [0.2, 0.25) is 5.91 Å². The molecule has 3 heteroatoms. The van der Waals surface area contributed by atoms with Crippen molar-refractivity contribution in [2.75, 3.05) is 14.1 Å². The molecule has 1 aromatic carbocycles. The van der Waals surface area contributed by atoms with Crippen LogP contribution in [0.3, 0.4) is 0 Å². The molecular formula is C15H21NO2. The summed E-state index contributed by atoms with van der Waals surface area (Å²) in [6.45, 7) is 3.96. The van der Waals surface area contributed by atoms with Crippen molar-refractivity contribution in [1.29, 1.82) is 0 Å². The van der Waals surface area contributed by atoms with Gasteiger partial charge >= 0.3 is 0 Å².